The number of fused-ring (bicyclic) bond motifs is 2. The summed E-state index contributed by atoms with van der Waals surface area (Å²) in [6.45, 7) is 2.49. The third-order valence-electron chi connectivity index (χ3n) is 4.11. The molecule has 18 heavy (non-hydrogen) atoms. The molecular formula is C13H15N3O2. The van der Waals surface area contributed by atoms with E-state index in [1.54, 1.807) is 0 Å². The van der Waals surface area contributed by atoms with Gasteiger partial charge >= 0.3 is 0 Å². The van der Waals surface area contributed by atoms with Crippen molar-refractivity contribution < 1.29 is 9.88 Å². The van der Waals surface area contributed by atoms with Crippen molar-refractivity contribution in [1.29, 1.82) is 0 Å². The number of aromatic amines is 1. The van der Waals surface area contributed by atoms with Crippen LogP contribution in [-0.4, -0.2) is 29.0 Å². The van der Waals surface area contributed by atoms with E-state index in [-0.39, 0.29) is 0 Å². The second-order valence-electron chi connectivity index (χ2n) is 5.17. The summed E-state index contributed by atoms with van der Waals surface area (Å²) in [6.07, 6.45) is 3.41. The second-order valence-corrected chi connectivity index (χ2v) is 5.17. The molecule has 94 valence electrons. The van der Waals surface area contributed by atoms with Gasteiger partial charge in [-0.05, 0) is 24.1 Å². The largest absolute Gasteiger partial charge is 0.361 e. The van der Waals surface area contributed by atoms with Crippen molar-refractivity contribution in [2.45, 2.75) is 18.4 Å². The zero-order chi connectivity index (χ0) is 12.1. The highest BCUT2D eigenvalue weighted by molar-refractivity contribution is 5.85. The molecule has 2 fully saturated rings. The van der Waals surface area contributed by atoms with Gasteiger partial charge in [-0.15, -0.1) is 0 Å². The second kappa shape index (κ2) is 3.71. The summed E-state index contributed by atoms with van der Waals surface area (Å²) in [5.74, 6) is 6.16. The van der Waals surface area contributed by atoms with Crippen molar-refractivity contribution in [2.24, 2.45) is 5.90 Å². The predicted molar refractivity (Wildman–Crippen MR) is 66.9 cm³/mol. The monoisotopic (exact) mass is 245 g/mol. The highest BCUT2D eigenvalue weighted by atomic mass is 17.3. The number of aromatic nitrogens is 1. The number of nitrogens with zero attached hydrogens (tertiary/aromatic N) is 1. The third kappa shape index (κ3) is 1.52. The SMILES string of the molecule is NOOc1ccc2c(C3CC4CN4C3)c[nH]c2c1. The van der Waals surface area contributed by atoms with Gasteiger partial charge in [-0.3, -0.25) is 4.90 Å². The van der Waals surface area contributed by atoms with Crippen LogP contribution in [0.25, 0.3) is 10.9 Å². The molecule has 0 amide bonds. The molecule has 0 saturated carbocycles. The van der Waals surface area contributed by atoms with Crippen molar-refractivity contribution >= 4 is 10.9 Å². The summed E-state index contributed by atoms with van der Waals surface area (Å²) >= 11 is 0. The lowest BCUT2D eigenvalue weighted by Gasteiger charge is -2.09. The average Bonchev–Trinajstić information content (AvgIpc) is 2.84. The Balaban J connectivity index is 1.69. The number of rotatable bonds is 3. The molecule has 1 aromatic carbocycles. The van der Waals surface area contributed by atoms with E-state index in [4.69, 9.17) is 10.8 Å². The van der Waals surface area contributed by atoms with Crippen LogP contribution in [0.3, 0.4) is 0 Å². The fraction of sp³-hybridized carbons (Fsp3) is 0.385. The van der Waals surface area contributed by atoms with E-state index in [1.165, 1.54) is 30.5 Å². The molecule has 5 nitrogen and oxygen atoms in total. The summed E-state index contributed by atoms with van der Waals surface area (Å²) in [6, 6.07) is 6.69. The minimum absolute atomic E-state index is 0.608. The van der Waals surface area contributed by atoms with E-state index >= 15 is 0 Å². The molecule has 2 aliphatic heterocycles. The fourth-order valence-corrected chi connectivity index (χ4v) is 3.16. The standard InChI is InChI=1S/C13H15N3O2/c14-18-17-10-1-2-11-12(5-15-13(11)4-10)8-3-9-7-16(9)6-8/h1-2,4-5,8-9,15H,3,6-7,14H2. The van der Waals surface area contributed by atoms with Gasteiger partial charge in [-0.25, -0.2) is 0 Å². The molecule has 3 unspecified atom stereocenters. The maximum atomic E-state index is 4.89. The smallest absolute Gasteiger partial charge is 0.169 e. The van der Waals surface area contributed by atoms with E-state index < -0.39 is 0 Å². The third-order valence-corrected chi connectivity index (χ3v) is 4.11. The van der Waals surface area contributed by atoms with Gasteiger partial charge < -0.3 is 9.87 Å². The van der Waals surface area contributed by atoms with Crippen LogP contribution in [0.2, 0.25) is 0 Å². The number of H-pyrrole nitrogens is 1. The molecule has 0 aliphatic carbocycles. The average molecular weight is 245 g/mol. The lowest BCUT2D eigenvalue weighted by Crippen LogP contribution is -2.05. The summed E-state index contributed by atoms with van der Waals surface area (Å²) in [7, 11) is 0. The normalized spacial score (nSPS) is 29.5. The molecule has 4 rings (SSSR count). The van der Waals surface area contributed by atoms with Crippen molar-refractivity contribution in [1.82, 2.24) is 9.88 Å². The molecule has 3 atom stereocenters. The molecule has 3 N–H and O–H groups in total. The molecule has 2 saturated heterocycles. The van der Waals surface area contributed by atoms with Crippen LogP contribution in [0.4, 0.5) is 0 Å². The van der Waals surface area contributed by atoms with Gasteiger partial charge in [0.25, 0.3) is 0 Å². The number of nitrogens with two attached hydrogens (primary N) is 1. The number of nitrogens with one attached hydrogen (secondary N) is 1. The number of piperidine rings is 1. The zero-order valence-corrected chi connectivity index (χ0v) is 9.93. The van der Waals surface area contributed by atoms with Crippen LogP contribution < -0.4 is 10.8 Å². The van der Waals surface area contributed by atoms with Gasteiger partial charge in [0.15, 0.2) is 5.75 Å². The molecule has 3 heterocycles. The van der Waals surface area contributed by atoms with Crippen molar-refractivity contribution in [3.63, 3.8) is 0 Å². The summed E-state index contributed by atoms with van der Waals surface area (Å²) in [5, 5.41) is 1.27. The van der Waals surface area contributed by atoms with Crippen LogP contribution in [0.5, 0.6) is 5.75 Å². The van der Waals surface area contributed by atoms with Gasteiger partial charge in [0.1, 0.15) is 0 Å². The Hall–Kier alpha value is -1.56. The summed E-state index contributed by atoms with van der Waals surface area (Å²) < 4.78 is 0. The molecular weight excluding hydrogens is 230 g/mol. The first-order chi connectivity index (χ1) is 8.85. The van der Waals surface area contributed by atoms with Gasteiger partial charge in [0, 0.05) is 48.2 Å². The Morgan fingerprint density at radius 2 is 2.28 bits per heavy atom. The molecule has 0 bridgehead atoms. The van der Waals surface area contributed by atoms with Crippen molar-refractivity contribution in [2.75, 3.05) is 13.1 Å². The Labute approximate surface area is 104 Å². The minimum Gasteiger partial charge on any atom is -0.361 e. The highest BCUT2D eigenvalue weighted by Gasteiger charge is 2.44. The van der Waals surface area contributed by atoms with Crippen molar-refractivity contribution in [3.05, 3.63) is 30.0 Å². The first-order valence-electron chi connectivity index (χ1n) is 6.23. The Morgan fingerprint density at radius 3 is 3.06 bits per heavy atom. The summed E-state index contributed by atoms with van der Waals surface area (Å²) in [5.41, 5.74) is 2.48. The van der Waals surface area contributed by atoms with Gasteiger partial charge in [-0.2, -0.15) is 5.90 Å². The highest BCUT2D eigenvalue weighted by Crippen LogP contribution is 2.42. The molecule has 0 spiro atoms. The van der Waals surface area contributed by atoms with E-state index in [1.807, 2.05) is 12.1 Å². The van der Waals surface area contributed by atoms with Crippen LogP contribution in [0.1, 0.15) is 17.9 Å². The zero-order valence-electron chi connectivity index (χ0n) is 9.93. The number of benzene rings is 1. The van der Waals surface area contributed by atoms with Gasteiger partial charge in [0.05, 0.1) is 0 Å². The number of hydrogen-bond donors (Lipinski definition) is 2. The lowest BCUT2D eigenvalue weighted by atomic mass is 9.95. The molecule has 0 radical (unpaired) electrons. The molecule has 2 aliphatic rings. The molecule has 1 aromatic heterocycles. The van der Waals surface area contributed by atoms with Gasteiger partial charge in [-0.1, -0.05) is 4.99 Å². The van der Waals surface area contributed by atoms with Crippen LogP contribution in [0.15, 0.2) is 24.4 Å². The maximum absolute atomic E-state index is 4.89. The summed E-state index contributed by atoms with van der Waals surface area (Å²) in [4.78, 5) is 14.8. The van der Waals surface area contributed by atoms with E-state index in [2.05, 4.69) is 27.1 Å². The molecule has 2 aromatic rings. The van der Waals surface area contributed by atoms with E-state index in [9.17, 15) is 0 Å². The lowest BCUT2D eigenvalue weighted by molar-refractivity contribution is -0.211. The maximum Gasteiger partial charge on any atom is 0.169 e. The van der Waals surface area contributed by atoms with E-state index in [0.29, 0.717) is 11.7 Å². The quantitative estimate of drug-likeness (QED) is 0.489. The van der Waals surface area contributed by atoms with Crippen LogP contribution >= 0.6 is 0 Å². The Morgan fingerprint density at radius 1 is 1.33 bits per heavy atom. The van der Waals surface area contributed by atoms with Crippen molar-refractivity contribution in [3.8, 4) is 5.75 Å². The van der Waals surface area contributed by atoms with Crippen LogP contribution in [-0.2, 0) is 4.99 Å². The predicted octanol–water partition coefficient (Wildman–Crippen LogP) is 1.52. The first kappa shape index (κ1) is 10.4. The van der Waals surface area contributed by atoms with Gasteiger partial charge in [0.2, 0.25) is 0 Å². The number of hydrogen-bond acceptors (Lipinski definition) is 4. The Bertz CT molecular complexity index is 585. The Kier molecular flexibility index (Phi) is 2.14. The topological polar surface area (TPSA) is 63.3 Å². The first-order valence-corrected chi connectivity index (χ1v) is 6.23. The fourth-order valence-electron chi connectivity index (χ4n) is 3.16. The van der Waals surface area contributed by atoms with Crippen LogP contribution in [0, 0.1) is 0 Å². The molecule has 5 heteroatoms. The minimum atomic E-state index is 0.608. The van der Waals surface area contributed by atoms with E-state index in [0.717, 1.165) is 11.6 Å².